The third-order valence-electron chi connectivity index (χ3n) is 6.56. The minimum absolute atomic E-state index is 0.0676. The van der Waals surface area contributed by atoms with E-state index in [-0.39, 0.29) is 11.6 Å². The van der Waals surface area contributed by atoms with E-state index in [9.17, 15) is 9.59 Å². The molecule has 0 fully saturated rings. The van der Waals surface area contributed by atoms with Gasteiger partial charge in [0.1, 0.15) is 18.1 Å². The Morgan fingerprint density at radius 3 is 2.89 bits per heavy atom. The van der Waals surface area contributed by atoms with Gasteiger partial charge in [-0.25, -0.2) is 19.1 Å². The number of carbonyl (C=O) groups is 1. The standard InChI is InChI=1S/C26H26N8O3/c35-25(28-10-5-12-33-26(36)32-11-2-1-8-23(32)31-33)20-14-22(18-6-3-9-27-15-18)30-24-21(20)16-29-34(24)17-19-7-4-13-37-19/h3-4,6-7,9,13-16H,1-2,5,8,10-12,17H2,(H,28,35). The van der Waals surface area contributed by atoms with Gasteiger partial charge in [-0.2, -0.15) is 10.2 Å². The van der Waals surface area contributed by atoms with Crippen molar-refractivity contribution in [3.63, 3.8) is 0 Å². The molecular formula is C26H26N8O3. The molecule has 6 heterocycles. The fourth-order valence-corrected chi connectivity index (χ4v) is 4.68. The molecule has 0 aromatic carbocycles. The molecule has 1 amide bonds. The molecule has 0 bridgehead atoms. The van der Waals surface area contributed by atoms with Gasteiger partial charge >= 0.3 is 5.69 Å². The van der Waals surface area contributed by atoms with E-state index < -0.39 is 0 Å². The van der Waals surface area contributed by atoms with Crippen LogP contribution in [0.25, 0.3) is 22.3 Å². The van der Waals surface area contributed by atoms with Gasteiger partial charge in [0, 0.05) is 44.0 Å². The van der Waals surface area contributed by atoms with Crippen molar-refractivity contribution in [1.29, 1.82) is 0 Å². The van der Waals surface area contributed by atoms with Crippen LogP contribution in [0.2, 0.25) is 0 Å². The minimum Gasteiger partial charge on any atom is -0.467 e. The molecule has 0 atom stereocenters. The van der Waals surface area contributed by atoms with Crippen molar-refractivity contribution in [3.05, 3.63) is 82.8 Å². The molecule has 5 aromatic heterocycles. The third-order valence-corrected chi connectivity index (χ3v) is 6.56. The van der Waals surface area contributed by atoms with Crippen molar-refractivity contribution in [2.75, 3.05) is 6.54 Å². The number of nitrogens with one attached hydrogen (secondary N) is 1. The zero-order valence-electron chi connectivity index (χ0n) is 20.2. The lowest BCUT2D eigenvalue weighted by molar-refractivity contribution is 0.0954. The van der Waals surface area contributed by atoms with Crippen molar-refractivity contribution in [3.8, 4) is 11.3 Å². The molecule has 188 valence electrons. The van der Waals surface area contributed by atoms with Crippen LogP contribution in [0.4, 0.5) is 0 Å². The van der Waals surface area contributed by atoms with Crippen LogP contribution in [0.1, 0.15) is 41.2 Å². The Kier molecular flexibility index (Phi) is 6.09. The molecule has 11 nitrogen and oxygen atoms in total. The van der Waals surface area contributed by atoms with Crippen molar-refractivity contribution < 1.29 is 9.21 Å². The van der Waals surface area contributed by atoms with E-state index in [1.807, 2.05) is 24.3 Å². The number of rotatable bonds is 8. The van der Waals surface area contributed by atoms with Gasteiger partial charge < -0.3 is 9.73 Å². The Bertz CT molecular complexity index is 1600. The fourth-order valence-electron chi connectivity index (χ4n) is 4.68. The number of furan rings is 1. The van der Waals surface area contributed by atoms with Crippen molar-refractivity contribution in [1.82, 2.24) is 39.4 Å². The van der Waals surface area contributed by atoms with Crippen molar-refractivity contribution in [2.24, 2.45) is 0 Å². The van der Waals surface area contributed by atoms with E-state index >= 15 is 0 Å². The summed E-state index contributed by atoms with van der Waals surface area (Å²) in [7, 11) is 0. The summed E-state index contributed by atoms with van der Waals surface area (Å²) in [6, 6.07) is 9.19. The zero-order valence-corrected chi connectivity index (χ0v) is 20.2. The van der Waals surface area contributed by atoms with Gasteiger partial charge in [0.05, 0.1) is 29.1 Å². The third kappa shape index (κ3) is 4.55. The first-order valence-electron chi connectivity index (χ1n) is 12.4. The van der Waals surface area contributed by atoms with Crippen molar-refractivity contribution in [2.45, 2.75) is 45.3 Å². The van der Waals surface area contributed by atoms with Crippen LogP contribution in [-0.4, -0.2) is 46.5 Å². The number of nitrogens with zero attached hydrogens (tertiary/aromatic N) is 7. The topological polar surface area (TPSA) is 126 Å². The number of aromatic nitrogens is 7. The van der Waals surface area contributed by atoms with Crippen LogP contribution in [0.15, 0.2) is 64.4 Å². The van der Waals surface area contributed by atoms with Gasteiger partial charge in [0.25, 0.3) is 5.91 Å². The highest BCUT2D eigenvalue weighted by Gasteiger charge is 2.19. The molecule has 0 aliphatic carbocycles. The number of amides is 1. The normalized spacial score (nSPS) is 13.1. The number of aryl methyl sites for hydroxylation is 2. The predicted molar refractivity (Wildman–Crippen MR) is 135 cm³/mol. The lowest BCUT2D eigenvalue weighted by atomic mass is 10.1. The molecule has 0 spiro atoms. The SMILES string of the molecule is O=C(NCCCn1nc2n(c1=O)CCCC2)c1cc(-c2cccnc2)nc2c1cnn2Cc1ccco1. The van der Waals surface area contributed by atoms with Gasteiger partial charge in [0.2, 0.25) is 0 Å². The van der Waals surface area contributed by atoms with Gasteiger partial charge in [0.15, 0.2) is 5.65 Å². The van der Waals surface area contributed by atoms with Crippen LogP contribution in [-0.2, 0) is 26.1 Å². The summed E-state index contributed by atoms with van der Waals surface area (Å²) < 4.78 is 10.5. The molecule has 0 saturated carbocycles. The molecule has 0 unspecified atom stereocenters. The van der Waals surface area contributed by atoms with E-state index in [2.05, 4.69) is 20.5 Å². The first kappa shape index (κ1) is 22.9. The van der Waals surface area contributed by atoms with E-state index in [1.54, 1.807) is 40.2 Å². The summed E-state index contributed by atoms with van der Waals surface area (Å²) in [6.07, 6.45) is 10.2. The predicted octanol–water partition coefficient (Wildman–Crippen LogP) is 2.65. The van der Waals surface area contributed by atoms with E-state index in [1.165, 1.54) is 4.68 Å². The smallest absolute Gasteiger partial charge is 0.345 e. The van der Waals surface area contributed by atoms with Gasteiger partial charge in [-0.05, 0) is 49.6 Å². The molecule has 11 heteroatoms. The number of fused-ring (bicyclic) bond motifs is 2. The monoisotopic (exact) mass is 498 g/mol. The second-order valence-corrected chi connectivity index (χ2v) is 9.06. The molecule has 1 N–H and O–H groups in total. The maximum atomic E-state index is 13.3. The Hall–Kier alpha value is -4.54. The van der Waals surface area contributed by atoms with Crippen LogP contribution in [0.5, 0.6) is 0 Å². The summed E-state index contributed by atoms with van der Waals surface area (Å²) in [4.78, 5) is 34.8. The molecule has 5 aromatic rings. The minimum atomic E-state index is -0.230. The second kappa shape index (κ2) is 9.84. The summed E-state index contributed by atoms with van der Waals surface area (Å²) in [5.74, 6) is 1.36. The summed E-state index contributed by atoms with van der Waals surface area (Å²) in [6.45, 7) is 1.98. The maximum Gasteiger partial charge on any atom is 0.345 e. The highest BCUT2D eigenvalue weighted by Crippen LogP contribution is 2.25. The van der Waals surface area contributed by atoms with E-state index in [0.29, 0.717) is 48.3 Å². The average Bonchev–Trinajstić information content (AvgIpc) is 3.67. The van der Waals surface area contributed by atoms with Crippen LogP contribution < -0.4 is 11.0 Å². The Morgan fingerprint density at radius 2 is 2.08 bits per heavy atom. The Morgan fingerprint density at radius 1 is 1.14 bits per heavy atom. The largest absolute Gasteiger partial charge is 0.467 e. The number of hydrogen-bond acceptors (Lipinski definition) is 7. The van der Waals surface area contributed by atoms with Gasteiger partial charge in [-0.15, -0.1) is 0 Å². The van der Waals surface area contributed by atoms with E-state index in [0.717, 1.165) is 43.0 Å². The maximum absolute atomic E-state index is 13.3. The summed E-state index contributed by atoms with van der Waals surface area (Å²) >= 11 is 0. The second-order valence-electron chi connectivity index (χ2n) is 9.06. The first-order chi connectivity index (χ1) is 18.2. The quantitative estimate of drug-likeness (QED) is 0.326. The molecule has 0 saturated heterocycles. The molecule has 37 heavy (non-hydrogen) atoms. The molecular weight excluding hydrogens is 472 g/mol. The Labute approximate surface area is 211 Å². The van der Waals surface area contributed by atoms with Gasteiger partial charge in [-0.3, -0.25) is 14.3 Å². The van der Waals surface area contributed by atoms with Crippen LogP contribution in [0.3, 0.4) is 0 Å². The lowest BCUT2D eigenvalue weighted by Gasteiger charge is -2.09. The van der Waals surface area contributed by atoms with E-state index in [4.69, 9.17) is 9.40 Å². The number of pyridine rings is 2. The molecule has 1 aliphatic heterocycles. The van der Waals surface area contributed by atoms with Crippen LogP contribution >= 0.6 is 0 Å². The van der Waals surface area contributed by atoms with Crippen LogP contribution in [0, 0.1) is 0 Å². The highest BCUT2D eigenvalue weighted by molar-refractivity contribution is 6.06. The average molecular weight is 499 g/mol. The molecule has 1 aliphatic rings. The fraction of sp³-hybridized carbons (Fsp3) is 0.308. The highest BCUT2D eigenvalue weighted by atomic mass is 16.3. The lowest BCUT2D eigenvalue weighted by Crippen LogP contribution is -2.29. The molecule has 0 radical (unpaired) electrons. The summed E-state index contributed by atoms with van der Waals surface area (Å²) in [5.41, 5.74) is 2.42. The molecule has 6 rings (SSSR count). The zero-order chi connectivity index (χ0) is 25.2. The van der Waals surface area contributed by atoms with Crippen molar-refractivity contribution >= 4 is 16.9 Å². The van der Waals surface area contributed by atoms with Gasteiger partial charge in [-0.1, -0.05) is 0 Å². The number of hydrogen-bond donors (Lipinski definition) is 1. The number of carbonyl (C=O) groups excluding carboxylic acids is 1. The Balaban J connectivity index is 1.23. The summed E-state index contributed by atoms with van der Waals surface area (Å²) in [5, 5.41) is 12.6. The first-order valence-corrected chi connectivity index (χ1v) is 12.4.